The van der Waals surface area contributed by atoms with Gasteiger partial charge in [-0.1, -0.05) is 56.2 Å². The average Bonchev–Trinajstić information content (AvgIpc) is 3.16. The zero-order valence-electron chi connectivity index (χ0n) is 17.5. The van der Waals surface area contributed by atoms with Crippen LogP contribution in [0, 0.1) is 0 Å². The Kier molecular flexibility index (Phi) is 6.28. The Morgan fingerprint density at radius 3 is 2.72 bits per heavy atom. The second-order valence-electron chi connectivity index (χ2n) is 7.93. The first kappa shape index (κ1) is 19.7. The predicted octanol–water partition coefficient (Wildman–Crippen LogP) is 7.19. The van der Waals surface area contributed by atoms with Gasteiger partial charge in [-0.2, -0.15) is 0 Å². The van der Waals surface area contributed by atoms with E-state index in [0.717, 1.165) is 41.5 Å². The SMILES string of the molecule is CCCCC[C@@H](C)Oc1ncnc2oc(-c3ccccc3)c(C3=CCCCC3)c12. The molecule has 1 atom stereocenters. The third kappa shape index (κ3) is 4.36. The standard InChI is InChI=1S/C25H30N2O2/c1-3-4-7-12-18(2)28-24-22-21(19-13-8-5-9-14-19)23(20-15-10-6-11-16-20)29-25(22)27-17-26-24/h6,10-11,13,15-18H,3-5,7-9,12,14H2,1-2H3/t18-/m1/s1. The summed E-state index contributed by atoms with van der Waals surface area (Å²) < 4.78 is 12.6. The maximum Gasteiger partial charge on any atom is 0.234 e. The van der Waals surface area contributed by atoms with E-state index in [2.05, 4.69) is 42.0 Å². The number of rotatable bonds is 8. The number of aromatic nitrogens is 2. The van der Waals surface area contributed by atoms with E-state index in [-0.39, 0.29) is 6.10 Å². The molecule has 0 saturated heterocycles. The van der Waals surface area contributed by atoms with Crippen LogP contribution >= 0.6 is 0 Å². The van der Waals surface area contributed by atoms with Gasteiger partial charge in [0.15, 0.2) is 0 Å². The zero-order valence-corrected chi connectivity index (χ0v) is 17.5. The molecular formula is C25H30N2O2. The van der Waals surface area contributed by atoms with Gasteiger partial charge in [0, 0.05) is 11.1 Å². The Hall–Kier alpha value is -2.62. The normalized spacial score (nSPS) is 15.3. The first-order valence-corrected chi connectivity index (χ1v) is 11.0. The highest BCUT2D eigenvalue weighted by molar-refractivity contribution is 5.99. The number of hydrogen-bond acceptors (Lipinski definition) is 4. The molecule has 0 radical (unpaired) electrons. The van der Waals surface area contributed by atoms with E-state index < -0.39 is 0 Å². The summed E-state index contributed by atoms with van der Waals surface area (Å²) in [4.78, 5) is 8.96. The number of allylic oxidation sites excluding steroid dienone is 2. The Morgan fingerprint density at radius 2 is 1.97 bits per heavy atom. The highest BCUT2D eigenvalue weighted by Gasteiger charge is 2.25. The molecule has 4 rings (SSSR count). The minimum Gasteiger partial charge on any atom is -0.474 e. The summed E-state index contributed by atoms with van der Waals surface area (Å²) in [5, 5.41) is 0.918. The topological polar surface area (TPSA) is 48.2 Å². The molecule has 3 aromatic rings. The van der Waals surface area contributed by atoms with Crippen molar-refractivity contribution in [3.63, 3.8) is 0 Å². The fourth-order valence-corrected chi connectivity index (χ4v) is 4.09. The minimum atomic E-state index is 0.114. The number of ether oxygens (including phenoxy) is 1. The fraction of sp³-hybridized carbons (Fsp3) is 0.440. The van der Waals surface area contributed by atoms with Gasteiger partial charge in [0.2, 0.25) is 11.6 Å². The van der Waals surface area contributed by atoms with Crippen LogP contribution in [-0.2, 0) is 0 Å². The van der Waals surface area contributed by atoms with Crippen molar-refractivity contribution in [2.75, 3.05) is 0 Å². The maximum absolute atomic E-state index is 6.32. The molecule has 0 aliphatic heterocycles. The van der Waals surface area contributed by atoms with Crippen molar-refractivity contribution in [2.24, 2.45) is 0 Å². The summed E-state index contributed by atoms with van der Waals surface area (Å²) in [5.41, 5.74) is 4.11. The maximum atomic E-state index is 6.32. The van der Waals surface area contributed by atoms with Gasteiger partial charge in [0.25, 0.3) is 0 Å². The number of unbranched alkanes of at least 4 members (excludes halogenated alkanes) is 2. The lowest BCUT2D eigenvalue weighted by Crippen LogP contribution is -2.13. The van der Waals surface area contributed by atoms with Crippen LogP contribution in [0.4, 0.5) is 0 Å². The van der Waals surface area contributed by atoms with E-state index in [0.29, 0.717) is 11.6 Å². The molecule has 29 heavy (non-hydrogen) atoms. The van der Waals surface area contributed by atoms with Gasteiger partial charge < -0.3 is 9.15 Å². The van der Waals surface area contributed by atoms with Gasteiger partial charge in [0.1, 0.15) is 17.5 Å². The lowest BCUT2D eigenvalue weighted by Gasteiger charge is -2.16. The fourth-order valence-electron chi connectivity index (χ4n) is 4.09. The van der Waals surface area contributed by atoms with Crippen LogP contribution in [0.2, 0.25) is 0 Å². The molecule has 1 aliphatic rings. The third-order valence-electron chi connectivity index (χ3n) is 5.63. The molecule has 4 nitrogen and oxygen atoms in total. The molecule has 1 aliphatic carbocycles. The molecule has 4 heteroatoms. The molecule has 0 spiro atoms. The summed E-state index contributed by atoms with van der Waals surface area (Å²) in [6.45, 7) is 4.35. The summed E-state index contributed by atoms with van der Waals surface area (Å²) in [6, 6.07) is 10.3. The molecule has 0 N–H and O–H groups in total. The molecule has 0 saturated carbocycles. The number of furan rings is 1. The van der Waals surface area contributed by atoms with Crippen LogP contribution in [0.25, 0.3) is 28.0 Å². The predicted molar refractivity (Wildman–Crippen MR) is 118 cm³/mol. The minimum absolute atomic E-state index is 0.114. The summed E-state index contributed by atoms with van der Waals surface area (Å²) in [7, 11) is 0. The van der Waals surface area contributed by atoms with Gasteiger partial charge in [-0.15, -0.1) is 0 Å². The number of fused-ring (bicyclic) bond motifs is 1. The lowest BCUT2D eigenvalue weighted by atomic mass is 9.91. The average molecular weight is 391 g/mol. The smallest absolute Gasteiger partial charge is 0.234 e. The second kappa shape index (κ2) is 9.25. The van der Waals surface area contributed by atoms with Gasteiger partial charge in [0.05, 0.1) is 6.10 Å². The highest BCUT2D eigenvalue weighted by atomic mass is 16.5. The molecule has 0 fully saturated rings. The van der Waals surface area contributed by atoms with Gasteiger partial charge in [-0.05, 0) is 51.0 Å². The monoisotopic (exact) mass is 390 g/mol. The Labute approximate surface area is 173 Å². The summed E-state index contributed by atoms with van der Waals surface area (Å²) in [6.07, 6.45) is 13.3. The third-order valence-corrected chi connectivity index (χ3v) is 5.63. The van der Waals surface area contributed by atoms with Crippen LogP contribution < -0.4 is 4.74 Å². The van der Waals surface area contributed by atoms with Gasteiger partial charge in [-0.25, -0.2) is 9.97 Å². The van der Waals surface area contributed by atoms with E-state index in [4.69, 9.17) is 9.15 Å². The van der Waals surface area contributed by atoms with Gasteiger partial charge in [-0.3, -0.25) is 0 Å². The molecular weight excluding hydrogens is 360 g/mol. The first-order chi connectivity index (χ1) is 14.3. The van der Waals surface area contributed by atoms with Crippen LogP contribution in [0.15, 0.2) is 47.2 Å². The zero-order chi connectivity index (χ0) is 20.1. The number of benzene rings is 1. The van der Waals surface area contributed by atoms with Crippen LogP contribution in [-0.4, -0.2) is 16.1 Å². The Morgan fingerprint density at radius 1 is 1.10 bits per heavy atom. The largest absolute Gasteiger partial charge is 0.474 e. The molecule has 2 heterocycles. The van der Waals surface area contributed by atoms with E-state index in [1.165, 1.54) is 37.7 Å². The molecule has 2 aromatic heterocycles. The Balaban J connectivity index is 1.80. The van der Waals surface area contributed by atoms with Crippen LogP contribution in [0.5, 0.6) is 5.88 Å². The van der Waals surface area contributed by atoms with E-state index in [1.807, 2.05) is 18.2 Å². The number of hydrogen-bond donors (Lipinski definition) is 0. The van der Waals surface area contributed by atoms with Gasteiger partial charge >= 0.3 is 0 Å². The lowest BCUT2D eigenvalue weighted by molar-refractivity contribution is 0.201. The van der Waals surface area contributed by atoms with E-state index >= 15 is 0 Å². The molecule has 0 bridgehead atoms. The Bertz CT molecular complexity index is 975. The van der Waals surface area contributed by atoms with E-state index in [1.54, 1.807) is 6.33 Å². The van der Waals surface area contributed by atoms with Crippen molar-refractivity contribution in [3.8, 4) is 17.2 Å². The van der Waals surface area contributed by atoms with Crippen molar-refractivity contribution in [2.45, 2.75) is 71.3 Å². The highest BCUT2D eigenvalue weighted by Crippen LogP contribution is 2.43. The van der Waals surface area contributed by atoms with Crippen molar-refractivity contribution in [3.05, 3.63) is 48.3 Å². The second-order valence-corrected chi connectivity index (χ2v) is 7.93. The molecule has 0 unspecified atom stereocenters. The molecule has 0 amide bonds. The first-order valence-electron chi connectivity index (χ1n) is 11.0. The molecule has 1 aromatic carbocycles. The number of nitrogens with zero attached hydrogens (tertiary/aromatic N) is 2. The van der Waals surface area contributed by atoms with E-state index in [9.17, 15) is 0 Å². The van der Waals surface area contributed by atoms with Crippen molar-refractivity contribution in [1.82, 2.24) is 9.97 Å². The van der Waals surface area contributed by atoms with Crippen LogP contribution in [0.1, 0.15) is 70.8 Å². The van der Waals surface area contributed by atoms with Crippen LogP contribution in [0.3, 0.4) is 0 Å². The summed E-state index contributed by atoms with van der Waals surface area (Å²) in [5.74, 6) is 1.52. The van der Waals surface area contributed by atoms with Crippen molar-refractivity contribution < 1.29 is 9.15 Å². The van der Waals surface area contributed by atoms with Crippen molar-refractivity contribution >= 4 is 16.7 Å². The quantitative estimate of drug-likeness (QED) is 0.382. The molecule has 152 valence electrons. The summed E-state index contributed by atoms with van der Waals surface area (Å²) >= 11 is 0. The van der Waals surface area contributed by atoms with Crippen molar-refractivity contribution in [1.29, 1.82) is 0 Å².